The summed E-state index contributed by atoms with van der Waals surface area (Å²) in [4.78, 5) is 0. The van der Waals surface area contributed by atoms with Crippen molar-refractivity contribution in [3.63, 3.8) is 0 Å². The van der Waals surface area contributed by atoms with Gasteiger partial charge in [0.2, 0.25) is 0 Å². The highest BCUT2D eigenvalue weighted by molar-refractivity contribution is 5.62. The van der Waals surface area contributed by atoms with E-state index < -0.39 is 0 Å². The average Bonchev–Trinajstić information content (AvgIpc) is 2.71. The molecule has 0 fully saturated rings. The molecule has 3 heteroatoms. The van der Waals surface area contributed by atoms with Gasteiger partial charge < -0.3 is 14.8 Å². The Hall–Kier alpha value is -1.48. The van der Waals surface area contributed by atoms with E-state index in [1.165, 1.54) is 5.56 Å². The molecule has 0 aliphatic carbocycles. The third kappa shape index (κ3) is 3.76. The van der Waals surface area contributed by atoms with Gasteiger partial charge >= 0.3 is 0 Å². The summed E-state index contributed by atoms with van der Waals surface area (Å²) in [6.07, 6.45) is 5.43. The van der Waals surface area contributed by atoms with Crippen LogP contribution < -0.4 is 14.8 Å². The molecule has 1 N–H and O–H groups in total. The van der Waals surface area contributed by atoms with Crippen LogP contribution in [0.2, 0.25) is 0 Å². The Morgan fingerprint density at radius 3 is 2.80 bits per heavy atom. The van der Waals surface area contributed by atoms with E-state index in [0.717, 1.165) is 30.0 Å². The first-order valence-electron chi connectivity index (χ1n) is 7.18. The minimum Gasteiger partial charge on any atom is -0.496 e. The molecule has 1 unspecified atom stereocenters. The largest absolute Gasteiger partial charge is 0.496 e. The highest BCUT2D eigenvalue weighted by Gasteiger charge is 2.20. The number of nitrogens with one attached hydrogen (secondary N) is 1. The van der Waals surface area contributed by atoms with E-state index in [0.29, 0.717) is 0 Å². The fourth-order valence-electron chi connectivity index (χ4n) is 2.31. The SMILES string of the molecule is COc1cc2c(cc1/C=C/CNC(C)(C)C)OC(C)C2. The number of ether oxygens (including phenoxy) is 2. The van der Waals surface area contributed by atoms with E-state index in [-0.39, 0.29) is 11.6 Å². The van der Waals surface area contributed by atoms with E-state index in [2.05, 4.69) is 57.3 Å². The molecule has 1 aliphatic rings. The van der Waals surface area contributed by atoms with Crippen LogP contribution >= 0.6 is 0 Å². The lowest BCUT2D eigenvalue weighted by Crippen LogP contribution is -2.35. The molecule has 1 aromatic carbocycles. The van der Waals surface area contributed by atoms with E-state index in [1.54, 1.807) is 7.11 Å². The van der Waals surface area contributed by atoms with Crippen molar-refractivity contribution in [2.75, 3.05) is 13.7 Å². The van der Waals surface area contributed by atoms with Gasteiger partial charge in [0.25, 0.3) is 0 Å². The van der Waals surface area contributed by atoms with Crippen LogP contribution in [0.5, 0.6) is 11.5 Å². The molecular weight excluding hydrogens is 250 g/mol. The first kappa shape index (κ1) is 14.9. The first-order valence-corrected chi connectivity index (χ1v) is 7.18. The Bertz CT molecular complexity index is 500. The van der Waals surface area contributed by atoms with Gasteiger partial charge in [-0.05, 0) is 39.8 Å². The molecule has 2 rings (SSSR count). The molecule has 3 nitrogen and oxygen atoms in total. The molecule has 0 saturated heterocycles. The standard InChI is InChI=1S/C17H25NO2/c1-12-9-14-11-15(19-5)13(10-16(14)20-12)7-6-8-18-17(2,3)4/h6-7,10-12,18H,8-9H2,1-5H3/b7-6+. The van der Waals surface area contributed by atoms with Crippen LogP contribution in [0.25, 0.3) is 6.08 Å². The molecule has 0 saturated carbocycles. The maximum absolute atomic E-state index is 5.80. The van der Waals surface area contributed by atoms with Crippen molar-refractivity contribution in [3.05, 3.63) is 29.3 Å². The molecule has 1 atom stereocenters. The molecule has 0 aromatic heterocycles. The van der Waals surface area contributed by atoms with Crippen molar-refractivity contribution in [2.24, 2.45) is 0 Å². The Kier molecular flexibility index (Phi) is 4.39. The van der Waals surface area contributed by atoms with E-state index in [1.807, 2.05) is 0 Å². The summed E-state index contributed by atoms with van der Waals surface area (Å²) in [6, 6.07) is 4.17. The van der Waals surface area contributed by atoms with Crippen LogP contribution in [0, 0.1) is 0 Å². The predicted molar refractivity (Wildman–Crippen MR) is 83.6 cm³/mol. The van der Waals surface area contributed by atoms with E-state index in [9.17, 15) is 0 Å². The lowest BCUT2D eigenvalue weighted by Gasteiger charge is -2.19. The maximum Gasteiger partial charge on any atom is 0.126 e. The van der Waals surface area contributed by atoms with Crippen molar-refractivity contribution in [1.29, 1.82) is 0 Å². The third-order valence-electron chi connectivity index (χ3n) is 3.30. The number of benzene rings is 1. The lowest BCUT2D eigenvalue weighted by molar-refractivity contribution is 0.254. The molecule has 0 bridgehead atoms. The van der Waals surface area contributed by atoms with Crippen molar-refractivity contribution in [3.8, 4) is 11.5 Å². The highest BCUT2D eigenvalue weighted by Crippen LogP contribution is 2.35. The molecule has 0 amide bonds. The molecule has 1 heterocycles. The average molecular weight is 275 g/mol. The number of hydrogen-bond acceptors (Lipinski definition) is 3. The Labute approximate surface area is 122 Å². The molecule has 0 spiro atoms. The minimum absolute atomic E-state index is 0.130. The monoisotopic (exact) mass is 275 g/mol. The first-order chi connectivity index (χ1) is 9.39. The fraction of sp³-hybridized carbons (Fsp3) is 0.529. The van der Waals surface area contributed by atoms with Gasteiger partial charge in [0, 0.05) is 29.6 Å². The number of fused-ring (bicyclic) bond motifs is 1. The number of hydrogen-bond donors (Lipinski definition) is 1. The summed E-state index contributed by atoms with van der Waals surface area (Å²) < 4.78 is 11.3. The Morgan fingerprint density at radius 1 is 1.40 bits per heavy atom. The zero-order chi connectivity index (χ0) is 14.8. The summed E-state index contributed by atoms with van der Waals surface area (Å²) in [5.74, 6) is 1.90. The summed E-state index contributed by atoms with van der Waals surface area (Å²) in [5.41, 5.74) is 2.43. The van der Waals surface area contributed by atoms with Crippen LogP contribution in [-0.2, 0) is 6.42 Å². The van der Waals surface area contributed by atoms with Crippen LogP contribution in [0.1, 0.15) is 38.8 Å². The van der Waals surface area contributed by atoms with Gasteiger partial charge in [-0.1, -0.05) is 12.2 Å². The van der Waals surface area contributed by atoms with E-state index in [4.69, 9.17) is 9.47 Å². The predicted octanol–water partition coefficient (Wildman–Crippen LogP) is 3.42. The Morgan fingerprint density at radius 2 is 2.15 bits per heavy atom. The van der Waals surface area contributed by atoms with Gasteiger partial charge in [-0.25, -0.2) is 0 Å². The second kappa shape index (κ2) is 5.88. The summed E-state index contributed by atoms with van der Waals surface area (Å²) in [5, 5.41) is 3.43. The summed E-state index contributed by atoms with van der Waals surface area (Å²) >= 11 is 0. The van der Waals surface area contributed by atoms with Crippen molar-refractivity contribution in [2.45, 2.75) is 45.8 Å². The topological polar surface area (TPSA) is 30.5 Å². The molecular formula is C17H25NO2. The molecule has 110 valence electrons. The van der Waals surface area contributed by atoms with Gasteiger partial charge in [-0.3, -0.25) is 0 Å². The second-order valence-electron chi connectivity index (χ2n) is 6.37. The molecule has 0 radical (unpaired) electrons. The Balaban J connectivity index is 2.11. The van der Waals surface area contributed by atoms with Gasteiger partial charge in [-0.15, -0.1) is 0 Å². The third-order valence-corrected chi connectivity index (χ3v) is 3.30. The van der Waals surface area contributed by atoms with Crippen LogP contribution in [0.3, 0.4) is 0 Å². The van der Waals surface area contributed by atoms with Gasteiger partial charge in [0.1, 0.15) is 17.6 Å². The van der Waals surface area contributed by atoms with E-state index >= 15 is 0 Å². The highest BCUT2D eigenvalue weighted by atomic mass is 16.5. The molecule has 20 heavy (non-hydrogen) atoms. The van der Waals surface area contributed by atoms with Crippen molar-refractivity contribution in [1.82, 2.24) is 5.32 Å². The van der Waals surface area contributed by atoms with Gasteiger partial charge in [0.15, 0.2) is 0 Å². The van der Waals surface area contributed by atoms with Crippen molar-refractivity contribution >= 4 is 6.08 Å². The normalized spacial score (nSPS) is 18.1. The van der Waals surface area contributed by atoms with Crippen molar-refractivity contribution < 1.29 is 9.47 Å². The summed E-state index contributed by atoms with van der Waals surface area (Å²) in [6.45, 7) is 9.40. The van der Waals surface area contributed by atoms with Crippen LogP contribution in [-0.4, -0.2) is 25.3 Å². The van der Waals surface area contributed by atoms with Gasteiger partial charge in [0.05, 0.1) is 7.11 Å². The van der Waals surface area contributed by atoms with Gasteiger partial charge in [-0.2, -0.15) is 0 Å². The maximum atomic E-state index is 5.80. The molecule has 1 aliphatic heterocycles. The zero-order valence-electron chi connectivity index (χ0n) is 13.1. The zero-order valence-corrected chi connectivity index (χ0v) is 13.1. The number of rotatable bonds is 4. The quantitative estimate of drug-likeness (QED) is 0.913. The van der Waals surface area contributed by atoms with Crippen LogP contribution in [0.4, 0.5) is 0 Å². The number of methoxy groups -OCH3 is 1. The smallest absolute Gasteiger partial charge is 0.126 e. The lowest BCUT2D eigenvalue weighted by atomic mass is 10.1. The summed E-state index contributed by atoms with van der Waals surface area (Å²) in [7, 11) is 1.71. The van der Waals surface area contributed by atoms with Crippen LogP contribution in [0.15, 0.2) is 18.2 Å². The fourth-order valence-corrected chi connectivity index (χ4v) is 2.31. The molecule has 1 aromatic rings. The minimum atomic E-state index is 0.130. The second-order valence-corrected chi connectivity index (χ2v) is 6.37.